The highest BCUT2D eigenvalue weighted by Crippen LogP contribution is 2.23. The lowest BCUT2D eigenvalue weighted by Gasteiger charge is -1.94. The Kier molecular flexibility index (Phi) is 2.87. The highest BCUT2D eigenvalue weighted by molar-refractivity contribution is 7.13. The minimum atomic E-state index is -0.261. The highest BCUT2D eigenvalue weighted by Gasteiger charge is 2.04. The second-order valence-corrected chi connectivity index (χ2v) is 3.88. The summed E-state index contributed by atoms with van der Waals surface area (Å²) in [5, 5.41) is 2.65. The van der Waals surface area contributed by atoms with Gasteiger partial charge in [-0.25, -0.2) is 9.37 Å². The second kappa shape index (κ2) is 4.31. The van der Waals surface area contributed by atoms with Crippen molar-refractivity contribution in [1.29, 1.82) is 0 Å². The molecule has 2 rings (SSSR count). The zero-order valence-corrected chi connectivity index (χ0v) is 8.63. The topological polar surface area (TPSA) is 30.0 Å². The molecule has 0 aliphatic carbocycles. The van der Waals surface area contributed by atoms with E-state index in [-0.39, 0.29) is 5.82 Å². The first-order valence-electron chi connectivity index (χ1n) is 4.43. The molecule has 0 saturated heterocycles. The van der Waals surface area contributed by atoms with Crippen LogP contribution < -0.4 is 0 Å². The molecule has 2 nitrogen and oxygen atoms in total. The van der Waals surface area contributed by atoms with E-state index >= 15 is 0 Å². The number of aromatic nitrogens is 1. The standard InChI is InChI=1S/C11H8FNOS/c12-9-3-1-8(2-4-9)11-13-10(5-6-14)7-15-11/h1-4,6-7H,5H2. The maximum Gasteiger partial charge on any atom is 0.125 e. The van der Waals surface area contributed by atoms with E-state index in [4.69, 9.17) is 0 Å². The van der Waals surface area contributed by atoms with Gasteiger partial charge in [0.05, 0.1) is 5.69 Å². The van der Waals surface area contributed by atoms with E-state index in [0.29, 0.717) is 6.42 Å². The third-order valence-corrected chi connectivity index (χ3v) is 2.88. The summed E-state index contributed by atoms with van der Waals surface area (Å²) in [6, 6.07) is 6.16. The normalized spacial score (nSPS) is 10.2. The molecule has 2 aromatic rings. The van der Waals surface area contributed by atoms with E-state index in [1.165, 1.54) is 23.5 Å². The van der Waals surface area contributed by atoms with Crippen LogP contribution in [0.4, 0.5) is 4.39 Å². The number of hydrogen-bond acceptors (Lipinski definition) is 3. The summed E-state index contributed by atoms with van der Waals surface area (Å²) >= 11 is 1.46. The smallest absolute Gasteiger partial charge is 0.125 e. The number of carbonyl (C=O) groups is 1. The lowest BCUT2D eigenvalue weighted by molar-refractivity contribution is -0.107. The molecule has 0 radical (unpaired) electrons. The van der Waals surface area contributed by atoms with Crippen LogP contribution in [0, 0.1) is 5.82 Å². The Morgan fingerprint density at radius 2 is 2.07 bits per heavy atom. The van der Waals surface area contributed by atoms with E-state index in [9.17, 15) is 9.18 Å². The van der Waals surface area contributed by atoms with E-state index in [0.717, 1.165) is 22.6 Å². The summed E-state index contributed by atoms with van der Waals surface area (Å²) in [6.45, 7) is 0. The Morgan fingerprint density at radius 3 is 2.73 bits per heavy atom. The van der Waals surface area contributed by atoms with Crippen LogP contribution in [0.1, 0.15) is 5.69 Å². The molecule has 0 atom stereocenters. The average molecular weight is 221 g/mol. The van der Waals surface area contributed by atoms with Crippen molar-refractivity contribution in [2.45, 2.75) is 6.42 Å². The van der Waals surface area contributed by atoms with E-state index in [1.54, 1.807) is 12.1 Å². The van der Waals surface area contributed by atoms with Gasteiger partial charge in [0, 0.05) is 17.4 Å². The van der Waals surface area contributed by atoms with Gasteiger partial charge in [-0.15, -0.1) is 11.3 Å². The number of rotatable bonds is 3. The number of halogens is 1. The van der Waals surface area contributed by atoms with Crippen molar-refractivity contribution in [3.05, 3.63) is 41.2 Å². The Morgan fingerprint density at radius 1 is 1.33 bits per heavy atom. The molecule has 0 aliphatic rings. The number of carbonyl (C=O) groups excluding carboxylic acids is 1. The number of aldehydes is 1. The third-order valence-electron chi connectivity index (χ3n) is 1.94. The fourth-order valence-electron chi connectivity index (χ4n) is 1.21. The quantitative estimate of drug-likeness (QED) is 0.746. The first kappa shape index (κ1) is 9.98. The molecule has 0 aliphatic heterocycles. The lowest BCUT2D eigenvalue weighted by Crippen LogP contribution is -1.85. The molecule has 15 heavy (non-hydrogen) atoms. The van der Waals surface area contributed by atoms with Crippen LogP contribution in [0.2, 0.25) is 0 Å². The number of nitrogens with zero attached hydrogens (tertiary/aromatic N) is 1. The fraction of sp³-hybridized carbons (Fsp3) is 0.0909. The van der Waals surface area contributed by atoms with Gasteiger partial charge in [0.2, 0.25) is 0 Å². The monoisotopic (exact) mass is 221 g/mol. The van der Waals surface area contributed by atoms with E-state index < -0.39 is 0 Å². The largest absolute Gasteiger partial charge is 0.303 e. The van der Waals surface area contributed by atoms with Crippen LogP contribution in [0.5, 0.6) is 0 Å². The summed E-state index contributed by atoms with van der Waals surface area (Å²) in [7, 11) is 0. The predicted octanol–water partition coefficient (Wildman–Crippen LogP) is 2.69. The Labute approximate surface area is 90.4 Å². The van der Waals surface area contributed by atoms with Gasteiger partial charge in [-0.3, -0.25) is 0 Å². The van der Waals surface area contributed by atoms with Crippen molar-refractivity contribution in [1.82, 2.24) is 4.98 Å². The summed E-state index contributed by atoms with van der Waals surface area (Å²) in [5.74, 6) is -0.261. The summed E-state index contributed by atoms with van der Waals surface area (Å²) < 4.78 is 12.7. The summed E-state index contributed by atoms with van der Waals surface area (Å²) in [5.41, 5.74) is 1.63. The second-order valence-electron chi connectivity index (χ2n) is 3.02. The van der Waals surface area contributed by atoms with Gasteiger partial charge < -0.3 is 4.79 Å². The van der Waals surface area contributed by atoms with Crippen LogP contribution in [-0.4, -0.2) is 11.3 Å². The van der Waals surface area contributed by atoms with Crippen molar-refractivity contribution in [2.75, 3.05) is 0 Å². The number of hydrogen-bond donors (Lipinski definition) is 0. The van der Waals surface area contributed by atoms with Crippen molar-refractivity contribution >= 4 is 17.6 Å². The molecule has 0 N–H and O–H groups in total. The Hall–Kier alpha value is -1.55. The van der Waals surface area contributed by atoms with Gasteiger partial charge in [-0.2, -0.15) is 0 Å². The van der Waals surface area contributed by atoms with Crippen LogP contribution in [0.15, 0.2) is 29.6 Å². The van der Waals surface area contributed by atoms with E-state index in [2.05, 4.69) is 4.98 Å². The lowest BCUT2D eigenvalue weighted by atomic mass is 10.2. The maximum absolute atomic E-state index is 12.7. The minimum Gasteiger partial charge on any atom is -0.303 e. The van der Waals surface area contributed by atoms with Crippen LogP contribution in [0.3, 0.4) is 0 Å². The van der Waals surface area contributed by atoms with E-state index in [1.807, 2.05) is 5.38 Å². The molecular formula is C11H8FNOS. The molecular weight excluding hydrogens is 213 g/mol. The predicted molar refractivity (Wildman–Crippen MR) is 57.3 cm³/mol. The Balaban J connectivity index is 2.28. The van der Waals surface area contributed by atoms with Gasteiger partial charge in [-0.05, 0) is 24.3 Å². The average Bonchev–Trinajstić information content (AvgIpc) is 2.68. The van der Waals surface area contributed by atoms with Gasteiger partial charge in [0.1, 0.15) is 17.1 Å². The van der Waals surface area contributed by atoms with Gasteiger partial charge in [0.25, 0.3) is 0 Å². The molecule has 0 fully saturated rings. The Bertz CT molecular complexity index is 464. The third kappa shape index (κ3) is 2.27. The van der Waals surface area contributed by atoms with Crippen molar-refractivity contribution < 1.29 is 9.18 Å². The van der Waals surface area contributed by atoms with Crippen molar-refractivity contribution in [2.24, 2.45) is 0 Å². The summed E-state index contributed by atoms with van der Waals surface area (Å²) in [6.07, 6.45) is 1.15. The summed E-state index contributed by atoms with van der Waals surface area (Å²) in [4.78, 5) is 14.5. The van der Waals surface area contributed by atoms with Gasteiger partial charge >= 0.3 is 0 Å². The molecule has 1 aromatic heterocycles. The zero-order valence-electron chi connectivity index (χ0n) is 7.81. The molecule has 0 bridgehead atoms. The molecule has 0 unspecified atom stereocenters. The first-order valence-corrected chi connectivity index (χ1v) is 5.31. The van der Waals surface area contributed by atoms with Crippen molar-refractivity contribution in [3.8, 4) is 10.6 Å². The fourth-order valence-corrected chi connectivity index (χ4v) is 2.05. The van der Waals surface area contributed by atoms with Crippen LogP contribution in [-0.2, 0) is 11.2 Å². The molecule has 76 valence electrons. The first-order chi connectivity index (χ1) is 7.29. The molecule has 1 aromatic carbocycles. The molecule has 4 heteroatoms. The minimum absolute atomic E-state index is 0.261. The zero-order chi connectivity index (χ0) is 10.7. The maximum atomic E-state index is 12.7. The molecule has 0 amide bonds. The van der Waals surface area contributed by atoms with Crippen LogP contribution >= 0.6 is 11.3 Å². The number of thiazole rings is 1. The van der Waals surface area contributed by atoms with Gasteiger partial charge in [-0.1, -0.05) is 0 Å². The number of benzene rings is 1. The van der Waals surface area contributed by atoms with Gasteiger partial charge in [0.15, 0.2) is 0 Å². The molecule has 1 heterocycles. The SMILES string of the molecule is O=CCc1csc(-c2ccc(F)cc2)n1. The molecule has 0 spiro atoms. The highest BCUT2D eigenvalue weighted by atomic mass is 32.1. The van der Waals surface area contributed by atoms with Crippen LogP contribution in [0.25, 0.3) is 10.6 Å². The van der Waals surface area contributed by atoms with Crippen molar-refractivity contribution in [3.63, 3.8) is 0 Å². The molecule has 0 saturated carbocycles.